The van der Waals surface area contributed by atoms with Gasteiger partial charge in [0.1, 0.15) is 18.4 Å². The maximum absolute atomic E-state index is 13.8. The van der Waals surface area contributed by atoms with Crippen LogP contribution in [0.5, 0.6) is 5.75 Å². The van der Waals surface area contributed by atoms with Gasteiger partial charge < -0.3 is 14.2 Å². The molecule has 0 spiro atoms. The number of ether oxygens (including phenoxy) is 3. The largest absolute Gasteiger partial charge is 0.493 e. The summed E-state index contributed by atoms with van der Waals surface area (Å²) in [6.45, 7) is 4.45. The summed E-state index contributed by atoms with van der Waals surface area (Å²) in [5.41, 5.74) is 1.54. The summed E-state index contributed by atoms with van der Waals surface area (Å²) < 4.78 is 18.3. The number of carbonyl (C=O) groups is 1. The average Bonchev–Trinajstić information content (AvgIpc) is 3.21. The van der Waals surface area contributed by atoms with Gasteiger partial charge in [0.05, 0.1) is 33.9 Å². The number of thiazole rings is 1. The molecule has 4 rings (SSSR count). The number of aromatic nitrogens is 1. The van der Waals surface area contributed by atoms with E-state index in [1.807, 2.05) is 25.1 Å². The van der Waals surface area contributed by atoms with E-state index in [1.54, 1.807) is 31.2 Å². The Hall–Kier alpha value is -4.09. The van der Waals surface area contributed by atoms with Crippen LogP contribution < -0.4 is 19.6 Å². The van der Waals surface area contributed by atoms with Gasteiger partial charge in [-0.25, -0.2) is 9.79 Å². The van der Waals surface area contributed by atoms with Gasteiger partial charge in [-0.2, -0.15) is 0 Å². The molecule has 2 heterocycles. The van der Waals surface area contributed by atoms with Crippen LogP contribution in [0.4, 0.5) is 5.69 Å². The SMILES string of the molecule is CCCOc1ccccc1[C@H]1C(C(=O)OCCOC)=C(C)N=c2s/c(=C/c3ccc([N+](=O)[O-])cc3)c(=O)n21. The number of carbonyl (C=O) groups excluding carboxylic acids is 1. The molecule has 11 heteroatoms. The number of benzene rings is 2. The molecular formula is C27H27N3O7S. The Bertz CT molecular complexity index is 1550. The van der Waals surface area contributed by atoms with Crippen molar-refractivity contribution in [3.63, 3.8) is 0 Å². The molecule has 0 saturated carbocycles. The van der Waals surface area contributed by atoms with Gasteiger partial charge in [0.15, 0.2) is 4.80 Å². The summed E-state index contributed by atoms with van der Waals surface area (Å²) in [5.74, 6) is -0.0376. The number of hydrogen-bond donors (Lipinski definition) is 0. The number of methoxy groups -OCH3 is 1. The highest BCUT2D eigenvalue weighted by Gasteiger charge is 2.35. The lowest BCUT2D eigenvalue weighted by Crippen LogP contribution is -2.40. The van der Waals surface area contributed by atoms with Crippen molar-refractivity contribution in [2.24, 2.45) is 4.99 Å². The van der Waals surface area contributed by atoms with Crippen molar-refractivity contribution in [1.82, 2.24) is 4.57 Å². The zero-order valence-corrected chi connectivity index (χ0v) is 22.0. The van der Waals surface area contributed by atoms with E-state index in [-0.39, 0.29) is 30.0 Å². The molecule has 0 saturated heterocycles. The molecule has 0 bridgehead atoms. The fourth-order valence-corrected chi connectivity index (χ4v) is 5.11. The molecule has 1 aliphatic heterocycles. The monoisotopic (exact) mass is 537 g/mol. The second-order valence-corrected chi connectivity index (χ2v) is 9.45. The van der Waals surface area contributed by atoms with Gasteiger partial charge in [-0.1, -0.05) is 36.5 Å². The highest BCUT2D eigenvalue weighted by atomic mass is 32.1. The Kier molecular flexibility index (Phi) is 8.49. The summed E-state index contributed by atoms with van der Waals surface area (Å²) in [5, 5.41) is 11.0. The van der Waals surface area contributed by atoms with Crippen LogP contribution in [0.15, 0.2) is 69.6 Å². The van der Waals surface area contributed by atoms with Crippen molar-refractivity contribution in [2.75, 3.05) is 26.9 Å². The molecule has 1 aliphatic rings. The number of fused-ring (bicyclic) bond motifs is 1. The quantitative estimate of drug-likeness (QED) is 0.169. The third-order valence-corrected chi connectivity index (χ3v) is 6.82. The molecular weight excluding hydrogens is 510 g/mol. The molecule has 0 aliphatic carbocycles. The summed E-state index contributed by atoms with van der Waals surface area (Å²) in [4.78, 5) is 42.6. The van der Waals surface area contributed by atoms with E-state index in [9.17, 15) is 19.7 Å². The average molecular weight is 538 g/mol. The fourth-order valence-electron chi connectivity index (χ4n) is 4.07. The molecule has 1 aromatic heterocycles. The lowest BCUT2D eigenvalue weighted by atomic mass is 9.95. The van der Waals surface area contributed by atoms with Gasteiger partial charge in [0.25, 0.3) is 11.2 Å². The maximum atomic E-state index is 13.8. The van der Waals surface area contributed by atoms with E-state index in [0.717, 1.165) is 6.42 Å². The molecule has 38 heavy (non-hydrogen) atoms. The Morgan fingerprint density at radius 3 is 2.58 bits per heavy atom. The van der Waals surface area contributed by atoms with Gasteiger partial charge in [-0.05, 0) is 43.2 Å². The number of non-ortho nitro benzene ring substituents is 1. The van der Waals surface area contributed by atoms with Crippen LogP contribution in [0.1, 0.15) is 37.4 Å². The third kappa shape index (κ3) is 5.58. The van der Waals surface area contributed by atoms with E-state index >= 15 is 0 Å². The molecule has 0 N–H and O–H groups in total. The molecule has 2 aromatic carbocycles. The van der Waals surface area contributed by atoms with Crippen LogP contribution in [0.2, 0.25) is 0 Å². The minimum absolute atomic E-state index is 0.0421. The third-order valence-electron chi connectivity index (χ3n) is 5.84. The number of allylic oxidation sites excluding steroid dienone is 1. The maximum Gasteiger partial charge on any atom is 0.338 e. The number of rotatable bonds is 10. The van der Waals surface area contributed by atoms with E-state index in [2.05, 4.69) is 4.99 Å². The van der Waals surface area contributed by atoms with Crippen molar-refractivity contribution in [3.8, 4) is 5.75 Å². The zero-order chi connectivity index (χ0) is 27.2. The summed E-state index contributed by atoms with van der Waals surface area (Å²) in [6, 6.07) is 12.4. The second kappa shape index (κ2) is 12.0. The van der Waals surface area contributed by atoms with Crippen molar-refractivity contribution in [3.05, 3.63) is 101 Å². The smallest absolute Gasteiger partial charge is 0.338 e. The van der Waals surface area contributed by atoms with E-state index in [0.29, 0.717) is 38.5 Å². The Morgan fingerprint density at radius 2 is 1.89 bits per heavy atom. The second-order valence-electron chi connectivity index (χ2n) is 8.45. The first-order valence-corrected chi connectivity index (χ1v) is 12.8. The van der Waals surface area contributed by atoms with Gasteiger partial charge in [-0.3, -0.25) is 19.5 Å². The Balaban J connectivity index is 1.88. The topological polar surface area (TPSA) is 122 Å². The van der Waals surface area contributed by atoms with Gasteiger partial charge in [0, 0.05) is 24.8 Å². The molecule has 10 nitrogen and oxygen atoms in total. The van der Waals surface area contributed by atoms with E-state index in [1.165, 1.54) is 35.1 Å². The first-order chi connectivity index (χ1) is 18.3. The predicted molar refractivity (Wildman–Crippen MR) is 142 cm³/mol. The van der Waals surface area contributed by atoms with Crippen molar-refractivity contribution < 1.29 is 23.9 Å². The minimum Gasteiger partial charge on any atom is -0.493 e. The number of hydrogen-bond acceptors (Lipinski definition) is 9. The van der Waals surface area contributed by atoms with E-state index in [4.69, 9.17) is 14.2 Å². The van der Waals surface area contributed by atoms with Crippen LogP contribution >= 0.6 is 11.3 Å². The summed E-state index contributed by atoms with van der Waals surface area (Å²) in [6.07, 6.45) is 2.44. The van der Waals surface area contributed by atoms with Gasteiger partial charge in [-0.15, -0.1) is 0 Å². The van der Waals surface area contributed by atoms with E-state index < -0.39 is 16.9 Å². The van der Waals surface area contributed by atoms with Crippen LogP contribution in [0.3, 0.4) is 0 Å². The van der Waals surface area contributed by atoms with Crippen LogP contribution in [-0.2, 0) is 14.3 Å². The number of nitrogens with zero attached hydrogens (tertiary/aromatic N) is 3. The standard InChI is InChI=1S/C27H27N3O7S/c1-4-13-36-21-8-6-5-7-20(21)24-23(26(32)37-15-14-35-3)17(2)28-27-29(24)25(31)22(38-27)16-18-9-11-19(12-10-18)30(33)34/h5-12,16,24H,4,13-15H2,1-3H3/b22-16+/t24-/m0/s1. The van der Waals surface area contributed by atoms with Gasteiger partial charge in [0.2, 0.25) is 0 Å². The van der Waals surface area contributed by atoms with Crippen molar-refractivity contribution in [2.45, 2.75) is 26.3 Å². The number of para-hydroxylation sites is 1. The molecule has 0 unspecified atom stereocenters. The molecule has 0 radical (unpaired) electrons. The minimum atomic E-state index is -0.826. The first kappa shape index (κ1) is 27.0. The van der Waals surface area contributed by atoms with Crippen LogP contribution in [0, 0.1) is 10.1 Å². The molecule has 1 atom stereocenters. The highest BCUT2D eigenvalue weighted by Crippen LogP contribution is 2.35. The summed E-state index contributed by atoms with van der Waals surface area (Å²) >= 11 is 1.18. The Morgan fingerprint density at radius 1 is 1.16 bits per heavy atom. The first-order valence-electron chi connectivity index (χ1n) is 12.0. The Labute approximate surface area is 222 Å². The van der Waals surface area contributed by atoms with Crippen molar-refractivity contribution in [1.29, 1.82) is 0 Å². The molecule has 198 valence electrons. The predicted octanol–water partition coefficient (Wildman–Crippen LogP) is 3.12. The molecule has 0 fully saturated rings. The fraction of sp³-hybridized carbons (Fsp3) is 0.296. The lowest BCUT2D eigenvalue weighted by Gasteiger charge is -2.26. The normalized spacial score (nSPS) is 15.1. The highest BCUT2D eigenvalue weighted by molar-refractivity contribution is 7.07. The lowest BCUT2D eigenvalue weighted by molar-refractivity contribution is -0.384. The number of nitro benzene ring substituents is 1. The van der Waals surface area contributed by atoms with Crippen LogP contribution in [0.25, 0.3) is 6.08 Å². The summed E-state index contributed by atoms with van der Waals surface area (Å²) in [7, 11) is 1.51. The molecule has 0 amide bonds. The zero-order valence-electron chi connectivity index (χ0n) is 21.2. The van der Waals surface area contributed by atoms with Crippen LogP contribution in [-0.4, -0.2) is 42.4 Å². The molecule has 3 aromatic rings. The van der Waals surface area contributed by atoms with Crippen molar-refractivity contribution >= 4 is 29.1 Å². The number of nitro groups is 1. The van der Waals surface area contributed by atoms with Gasteiger partial charge >= 0.3 is 5.97 Å². The number of esters is 1.